The second-order valence-electron chi connectivity index (χ2n) is 8.02. The van der Waals surface area contributed by atoms with Crippen LogP contribution in [0, 0.1) is 12.8 Å². The maximum Gasteiger partial charge on any atom is 0.282 e. The summed E-state index contributed by atoms with van der Waals surface area (Å²) in [4.78, 5) is 30.4. The molecule has 0 radical (unpaired) electrons. The Labute approximate surface area is 181 Å². The third-order valence-electron chi connectivity index (χ3n) is 5.82. The molecule has 2 aliphatic rings. The Balaban J connectivity index is 1.82. The number of nitrogens with zero attached hydrogens (tertiary/aromatic N) is 2. The molecule has 0 saturated carbocycles. The molecule has 2 amide bonds. The number of hydrogen-bond acceptors (Lipinski definition) is 4. The average Bonchev–Trinajstić information content (AvgIpc) is 3.00. The molecule has 2 heterocycles. The number of carbonyl (C=O) groups excluding carboxylic acids is 2. The van der Waals surface area contributed by atoms with E-state index in [-0.39, 0.29) is 11.8 Å². The second-order valence-corrected chi connectivity index (χ2v) is 8.43. The Hall–Kier alpha value is -2.79. The first-order valence-corrected chi connectivity index (χ1v) is 10.6. The van der Waals surface area contributed by atoms with Crippen LogP contribution in [0.4, 0.5) is 5.69 Å². The van der Waals surface area contributed by atoms with Crippen molar-refractivity contribution in [3.05, 3.63) is 64.3 Å². The Morgan fingerprint density at radius 1 is 1.07 bits per heavy atom. The van der Waals surface area contributed by atoms with Crippen LogP contribution in [-0.4, -0.2) is 36.9 Å². The number of imide groups is 1. The first-order chi connectivity index (χ1) is 14.4. The molecule has 1 unspecified atom stereocenters. The molecule has 4 rings (SSSR count). The fourth-order valence-corrected chi connectivity index (χ4v) is 4.35. The van der Waals surface area contributed by atoms with Gasteiger partial charge in [-0.2, -0.15) is 0 Å². The van der Waals surface area contributed by atoms with Gasteiger partial charge in [-0.05, 0) is 61.1 Å². The third kappa shape index (κ3) is 3.58. The fourth-order valence-electron chi connectivity index (χ4n) is 4.18. The van der Waals surface area contributed by atoms with E-state index in [4.69, 9.17) is 16.3 Å². The number of rotatable bonds is 4. The lowest BCUT2D eigenvalue weighted by atomic mass is 9.98. The summed E-state index contributed by atoms with van der Waals surface area (Å²) in [6.07, 6.45) is 2.12. The van der Waals surface area contributed by atoms with Crippen LogP contribution in [0.5, 0.6) is 5.75 Å². The number of piperidine rings is 1. The summed E-state index contributed by atoms with van der Waals surface area (Å²) in [5.74, 6) is 0.554. The van der Waals surface area contributed by atoms with Crippen molar-refractivity contribution in [3.63, 3.8) is 0 Å². The minimum atomic E-state index is -0.321. The number of ether oxygens (including phenoxy) is 1. The quantitative estimate of drug-likeness (QED) is 0.669. The van der Waals surface area contributed by atoms with E-state index in [0.717, 1.165) is 31.5 Å². The number of aryl methyl sites for hydroxylation is 1. The highest BCUT2D eigenvalue weighted by atomic mass is 35.5. The smallest absolute Gasteiger partial charge is 0.282 e. The molecule has 0 spiro atoms. The van der Waals surface area contributed by atoms with Crippen molar-refractivity contribution >= 4 is 34.7 Å². The summed E-state index contributed by atoms with van der Waals surface area (Å²) < 4.78 is 5.25. The average molecular weight is 425 g/mol. The van der Waals surface area contributed by atoms with Crippen molar-refractivity contribution < 1.29 is 14.3 Å². The van der Waals surface area contributed by atoms with Crippen molar-refractivity contribution in [2.24, 2.45) is 5.92 Å². The molecule has 6 heteroatoms. The van der Waals surface area contributed by atoms with Gasteiger partial charge in [0.2, 0.25) is 0 Å². The summed E-state index contributed by atoms with van der Waals surface area (Å²) in [7, 11) is 1.60. The zero-order valence-electron chi connectivity index (χ0n) is 17.4. The van der Waals surface area contributed by atoms with E-state index in [1.807, 2.05) is 37.3 Å². The van der Waals surface area contributed by atoms with E-state index in [9.17, 15) is 9.59 Å². The summed E-state index contributed by atoms with van der Waals surface area (Å²) in [5, 5.41) is 0.527. The van der Waals surface area contributed by atoms with Crippen LogP contribution in [0.3, 0.4) is 0 Å². The minimum Gasteiger partial charge on any atom is -0.497 e. The van der Waals surface area contributed by atoms with Crippen molar-refractivity contribution in [3.8, 4) is 5.75 Å². The molecule has 2 aliphatic heterocycles. The fraction of sp³-hybridized carbons (Fsp3) is 0.333. The van der Waals surface area contributed by atoms with E-state index < -0.39 is 0 Å². The number of amides is 2. The van der Waals surface area contributed by atoms with Crippen LogP contribution in [0.15, 0.2) is 48.2 Å². The van der Waals surface area contributed by atoms with Crippen molar-refractivity contribution in [2.45, 2.75) is 26.7 Å². The van der Waals surface area contributed by atoms with Gasteiger partial charge in [0, 0.05) is 18.1 Å². The molecule has 156 valence electrons. The molecule has 5 nitrogen and oxygen atoms in total. The molecular weight excluding hydrogens is 400 g/mol. The van der Waals surface area contributed by atoms with Gasteiger partial charge in [0.1, 0.15) is 11.4 Å². The van der Waals surface area contributed by atoms with Gasteiger partial charge in [-0.25, -0.2) is 4.90 Å². The van der Waals surface area contributed by atoms with E-state index in [1.165, 1.54) is 4.90 Å². The summed E-state index contributed by atoms with van der Waals surface area (Å²) in [6, 6.07) is 12.6. The van der Waals surface area contributed by atoms with Gasteiger partial charge in [-0.1, -0.05) is 36.7 Å². The molecule has 0 bridgehead atoms. The van der Waals surface area contributed by atoms with Crippen LogP contribution >= 0.6 is 11.6 Å². The van der Waals surface area contributed by atoms with Crippen molar-refractivity contribution in [1.82, 2.24) is 4.90 Å². The Kier molecular flexibility index (Phi) is 5.56. The van der Waals surface area contributed by atoms with Crippen molar-refractivity contribution in [1.29, 1.82) is 0 Å². The molecule has 0 aromatic heterocycles. The number of methoxy groups -OCH3 is 1. The lowest BCUT2D eigenvalue weighted by molar-refractivity contribution is -0.120. The predicted molar refractivity (Wildman–Crippen MR) is 119 cm³/mol. The Morgan fingerprint density at radius 3 is 2.43 bits per heavy atom. The Morgan fingerprint density at radius 2 is 1.80 bits per heavy atom. The first kappa shape index (κ1) is 20.5. The monoisotopic (exact) mass is 424 g/mol. The maximum atomic E-state index is 13.6. The summed E-state index contributed by atoms with van der Waals surface area (Å²) in [5.41, 5.74) is 3.02. The number of carbonyl (C=O) groups is 2. The number of anilines is 1. The molecular formula is C24H25ClN2O3. The first-order valence-electron chi connectivity index (χ1n) is 10.2. The zero-order valence-corrected chi connectivity index (χ0v) is 18.2. The standard InChI is InChI=1S/C24H25ClN2O3/c1-15-5-4-12-26(14-15)22-21(17-7-10-19(30-3)11-8-17)23(28)27(24(22)29)18-9-6-16(2)20(25)13-18/h6-11,13,15H,4-5,12,14H2,1-3H3. The van der Waals surface area contributed by atoms with E-state index >= 15 is 0 Å². The van der Waals surface area contributed by atoms with E-state index in [1.54, 1.807) is 19.2 Å². The largest absolute Gasteiger partial charge is 0.497 e. The number of likely N-dealkylation sites (tertiary alicyclic amines) is 1. The van der Waals surface area contributed by atoms with Crippen LogP contribution in [0.2, 0.25) is 5.02 Å². The molecule has 1 saturated heterocycles. The third-order valence-corrected chi connectivity index (χ3v) is 6.23. The molecule has 0 N–H and O–H groups in total. The lowest BCUT2D eigenvalue weighted by Crippen LogP contribution is -2.39. The Bertz CT molecular complexity index is 1030. The number of benzene rings is 2. The van der Waals surface area contributed by atoms with Crippen molar-refractivity contribution in [2.75, 3.05) is 25.1 Å². The van der Waals surface area contributed by atoms with Gasteiger partial charge < -0.3 is 9.64 Å². The van der Waals surface area contributed by atoms with Gasteiger partial charge in [0.15, 0.2) is 0 Å². The van der Waals surface area contributed by atoms with Crippen LogP contribution < -0.4 is 9.64 Å². The SMILES string of the molecule is COc1ccc(C2=C(N3CCCC(C)C3)C(=O)N(c3ccc(C)c(Cl)c3)C2=O)cc1. The highest BCUT2D eigenvalue weighted by Gasteiger charge is 2.43. The summed E-state index contributed by atoms with van der Waals surface area (Å²) in [6.45, 7) is 5.59. The zero-order chi connectivity index (χ0) is 21.4. The van der Waals surface area contributed by atoms with Crippen LogP contribution in [0.1, 0.15) is 30.9 Å². The molecule has 1 fully saturated rings. The van der Waals surface area contributed by atoms with Gasteiger partial charge in [-0.3, -0.25) is 9.59 Å². The van der Waals surface area contributed by atoms with Gasteiger partial charge in [0.25, 0.3) is 11.8 Å². The molecule has 2 aromatic rings. The summed E-state index contributed by atoms with van der Waals surface area (Å²) >= 11 is 6.29. The number of halogens is 1. The lowest BCUT2D eigenvalue weighted by Gasteiger charge is -2.33. The molecule has 1 atom stereocenters. The van der Waals surface area contributed by atoms with Crippen LogP contribution in [0.25, 0.3) is 5.57 Å². The molecule has 0 aliphatic carbocycles. The number of hydrogen-bond donors (Lipinski definition) is 0. The highest BCUT2D eigenvalue weighted by Crippen LogP contribution is 2.37. The van der Waals surface area contributed by atoms with Gasteiger partial charge >= 0.3 is 0 Å². The van der Waals surface area contributed by atoms with Gasteiger partial charge in [0.05, 0.1) is 18.4 Å². The normalized spacial score (nSPS) is 19.7. The molecule has 30 heavy (non-hydrogen) atoms. The van der Waals surface area contributed by atoms with E-state index in [2.05, 4.69) is 11.8 Å². The predicted octanol–water partition coefficient (Wildman–Crippen LogP) is 4.67. The van der Waals surface area contributed by atoms with Crippen LogP contribution in [-0.2, 0) is 9.59 Å². The minimum absolute atomic E-state index is 0.292. The van der Waals surface area contributed by atoms with Gasteiger partial charge in [-0.15, -0.1) is 0 Å². The second kappa shape index (κ2) is 8.15. The maximum absolute atomic E-state index is 13.6. The van der Waals surface area contributed by atoms with E-state index in [0.29, 0.717) is 39.2 Å². The molecule has 2 aromatic carbocycles. The highest BCUT2D eigenvalue weighted by molar-refractivity contribution is 6.45. The topological polar surface area (TPSA) is 49.9 Å².